The molecule has 0 fully saturated rings. The number of carbonyl (C=O) groups is 1. The highest BCUT2D eigenvalue weighted by Gasteiger charge is 2.36. The molecule has 1 aromatic rings. The average molecular weight is 298 g/mol. The smallest absolute Gasteiger partial charge is 0.338 e. The topological polar surface area (TPSA) is 85.3 Å². The summed E-state index contributed by atoms with van der Waals surface area (Å²) in [5.74, 6) is -0.669. The first kappa shape index (κ1) is 15.6. The Hall–Kier alpha value is -2.74. The van der Waals surface area contributed by atoms with Gasteiger partial charge in [-0.2, -0.15) is 5.26 Å². The maximum atomic E-state index is 12.3. The highest BCUT2D eigenvalue weighted by molar-refractivity contribution is 5.92. The molecule has 5 heteroatoms. The lowest BCUT2D eigenvalue weighted by Gasteiger charge is -2.27. The predicted molar refractivity (Wildman–Crippen MR) is 81.2 cm³/mol. The number of nitriles is 1. The van der Waals surface area contributed by atoms with E-state index in [2.05, 4.69) is 6.07 Å². The number of nitrogens with two attached hydrogens (primary N) is 1. The number of esters is 1. The van der Waals surface area contributed by atoms with Crippen LogP contribution in [-0.4, -0.2) is 12.6 Å². The molecular weight excluding hydrogens is 280 g/mol. The Kier molecular flexibility index (Phi) is 4.52. The van der Waals surface area contributed by atoms with Gasteiger partial charge in [-0.25, -0.2) is 4.79 Å². The maximum Gasteiger partial charge on any atom is 0.338 e. The zero-order valence-corrected chi connectivity index (χ0v) is 12.8. The largest absolute Gasteiger partial charge is 0.463 e. The molecule has 0 saturated carbocycles. The lowest BCUT2D eigenvalue weighted by molar-refractivity contribution is -0.139. The van der Waals surface area contributed by atoms with Crippen molar-refractivity contribution in [1.29, 1.82) is 5.26 Å². The van der Waals surface area contributed by atoms with E-state index in [1.54, 1.807) is 13.8 Å². The Balaban J connectivity index is 2.65. The third-order valence-electron chi connectivity index (χ3n) is 3.60. The highest BCUT2D eigenvalue weighted by Crippen LogP contribution is 2.40. The zero-order chi connectivity index (χ0) is 16.3. The Labute approximate surface area is 129 Å². The van der Waals surface area contributed by atoms with Gasteiger partial charge in [-0.1, -0.05) is 24.3 Å². The molecule has 1 aliphatic heterocycles. The van der Waals surface area contributed by atoms with Gasteiger partial charge in [0.25, 0.3) is 0 Å². The summed E-state index contributed by atoms with van der Waals surface area (Å²) >= 11 is 0. The molecule has 5 nitrogen and oxygen atoms in total. The van der Waals surface area contributed by atoms with E-state index in [0.717, 1.165) is 11.1 Å². The lowest BCUT2D eigenvalue weighted by atomic mass is 9.81. The third-order valence-corrected chi connectivity index (χ3v) is 3.60. The van der Waals surface area contributed by atoms with Crippen LogP contribution in [0.3, 0.4) is 0 Å². The molecule has 22 heavy (non-hydrogen) atoms. The first-order valence-corrected chi connectivity index (χ1v) is 7.02. The molecule has 1 aliphatic rings. The Bertz CT molecular complexity index is 711. The second kappa shape index (κ2) is 6.35. The first-order valence-electron chi connectivity index (χ1n) is 7.02. The van der Waals surface area contributed by atoms with Gasteiger partial charge in [0.05, 0.1) is 18.1 Å². The lowest BCUT2D eigenvalue weighted by Crippen LogP contribution is -2.26. The van der Waals surface area contributed by atoms with Crippen LogP contribution in [0.5, 0.6) is 0 Å². The summed E-state index contributed by atoms with van der Waals surface area (Å²) in [6.45, 7) is 5.56. The minimum absolute atomic E-state index is 0.0290. The number of aryl methyl sites for hydroxylation is 1. The molecule has 0 saturated heterocycles. The monoisotopic (exact) mass is 298 g/mol. The number of hydrogen-bond donors (Lipinski definition) is 1. The first-order chi connectivity index (χ1) is 10.5. The Morgan fingerprint density at radius 3 is 2.68 bits per heavy atom. The second-order valence-electron chi connectivity index (χ2n) is 4.97. The highest BCUT2D eigenvalue weighted by atomic mass is 16.5. The van der Waals surface area contributed by atoms with Crippen LogP contribution in [0.1, 0.15) is 30.9 Å². The number of allylic oxidation sites excluding steroid dienone is 2. The summed E-state index contributed by atoms with van der Waals surface area (Å²) < 4.78 is 10.5. The quantitative estimate of drug-likeness (QED) is 0.867. The molecule has 0 bridgehead atoms. The van der Waals surface area contributed by atoms with Gasteiger partial charge in [0, 0.05) is 0 Å². The summed E-state index contributed by atoms with van der Waals surface area (Å²) in [7, 11) is 0. The molecule has 0 amide bonds. The van der Waals surface area contributed by atoms with Gasteiger partial charge in [-0.15, -0.1) is 0 Å². The van der Waals surface area contributed by atoms with E-state index in [-0.39, 0.29) is 18.1 Å². The zero-order valence-electron chi connectivity index (χ0n) is 12.8. The Morgan fingerprint density at radius 2 is 2.09 bits per heavy atom. The normalized spacial score (nSPS) is 17.8. The van der Waals surface area contributed by atoms with Gasteiger partial charge in [0.15, 0.2) is 0 Å². The standard InChI is InChI=1S/C17H18N2O3/c1-4-21-17(20)14-11(3)22-16(19)13(9-18)15(14)12-8-6-5-7-10(12)2/h5-8,15H,4,19H2,1-3H3/t15-/m1/s1. The summed E-state index contributed by atoms with van der Waals surface area (Å²) in [6, 6.07) is 9.63. The van der Waals surface area contributed by atoms with Crippen molar-refractivity contribution in [2.75, 3.05) is 6.61 Å². The van der Waals surface area contributed by atoms with Crippen LogP contribution in [0.2, 0.25) is 0 Å². The summed E-state index contributed by atoms with van der Waals surface area (Å²) in [4.78, 5) is 12.3. The van der Waals surface area contributed by atoms with Crippen LogP contribution in [0.15, 0.2) is 47.1 Å². The van der Waals surface area contributed by atoms with Gasteiger partial charge >= 0.3 is 5.97 Å². The molecule has 0 unspecified atom stereocenters. The van der Waals surface area contributed by atoms with Crippen molar-refractivity contribution in [3.8, 4) is 6.07 Å². The minimum Gasteiger partial charge on any atom is -0.463 e. The van der Waals surface area contributed by atoms with Crippen molar-refractivity contribution < 1.29 is 14.3 Å². The Morgan fingerprint density at radius 1 is 1.41 bits per heavy atom. The number of ether oxygens (including phenoxy) is 2. The van der Waals surface area contributed by atoms with Crippen LogP contribution in [0.25, 0.3) is 0 Å². The molecule has 2 rings (SSSR count). The van der Waals surface area contributed by atoms with E-state index >= 15 is 0 Å². The minimum atomic E-state index is -0.570. The molecule has 2 N–H and O–H groups in total. The number of nitrogens with zero attached hydrogens (tertiary/aromatic N) is 1. The summed E-state index contributed by atoms with van der Waals surface area (Å²) in [5.41, 5.74) is 8.19. The molecule has 0 radical (unpaired) electrons. The van der Waals surface area contributed by atoms with Crippen molar-refractivity contribution in [1.82, 2.24) is 0 Å². The molecular formula is C17H18N2O3. The summed E-state index contributed by atoms with van der Waals surface area (Å²) in [6.07, 6.45) is 0. The third kappa shape index (κ3) is 2.68. The van der Waals surface area contributed by atoms with Crippen LogP contribution >= 0.6 is 0 Å². The molecule has 1 atom stereocenters. The number of carbonyl (C=O) groups excluding carboxylic acids is 1. The molecule has 0 aliphatic carbocycles. The van der Waals surface area contributed by atoms with Gasteiger partial charge in [0.1, 0.15) is 17.4 Å². The van der Waals surface area contributed by atoms with Gasteiger partial charge in [0.2, 0.25) is 5.88 Å². The molecule has 1 heterocycles. The van der Waals surface area contributed by atoms with Crippen LogP contribution < -0.4 is 5.73 Å². The summed E-state index contributed by atoms with van der Waals surface area (Å²) in [5, 5.41) is 9.46. The number of benzene rings is 1. The average Bonchev–Trinajstić information content (AvgIpc) is 2.47. The van der Waals surface area contributed by atoms with Crippen molar-refractivity contribution >= 4 is 5.97 Å². The van der Waals surface area contributed by atoms with Gasteiger partial charge in [-0.3, -0.25) is 0 Å². The SMILES string of the molecule is CCOC(=O)C1=C(C)OC(N)=C(C#N)[C@H]1c1ccccc1C. The van der Waals surface area contributed by atoms with Crippen molar-refractivity contribution in [3.05, 3.63) is 58.2 Å². The van der Waals surface area contributed by atoms with E-state index in [1.807, 2.05) is 31.2 Å². The van der Waals surface area contributed by atoms with E-state index < -0.39 is 11.9 Å². The van der Waals surface area contributed by atoms with E-state index in [1.165, 1.54) is 0 Å². The number of rotatable bonds is 3. The fourth-order valence-electron chi connectivity index (χ4n) is 2.58. The van der Waals surface area contributed by atoms with Gasteiger partial charge in [-0.05, 0) is 31.9 Å². The van der Waals surface area contributed by atoms with Crippen molar-refractivity contribution in [2.45, 2.75) is 26.7 Å². The number of hydrogen-bond acceptors (Lipinski definition) is 5. The van der Waals surface area contributed by atoms with Crippen LogP contribution in [-0.2, 0) is 14.3 Å². The van der Waals surface area contributed by atoms with Crippen LogP contribution in [0.4, 0.5) is 0 Å². The fourth-order valence-corrected chi connectivity index (χ4v) is 2.58. The molecule has 114 valence electrons. The van der Waals surface area contributed by atoms with E-state index in [9.17, 15) is 10.1 Å². The van der Waals surface area contributed by atoms with E-state index in [0.29, 0.717) is 11.3 Å². The van der Waals surface area contributed by atoms with Crippen LogP contribution in [0, 0.1) is 18.3 Å². The molecule has 1 aromatic carbocycles. The molecule has 0 aromatic heterocycles. The molecule has 0 spiro atoms. The second-order valence-corrected chi connectivity index (χ2v) is 4.97. The van der Waals surface area contributed by atoms with Gasteiger partial charge < -0.3 is 15.2 Å². The predicted octanol–water partition coefficient (Wildman–Crippen LogP) is 2.64. The maximum absolute atomic E-state index is 12.3. The van der Waals surface area contributed by atoms with Crippen molar-refractivity contribution in [3.63, 3.8) is 0 Å². The van der Waals surface area contributed by atoms with E-state index in [4.69, 9.17) is 15.2 Å². The fraction of sp³-hybridized carbons (Fsp3) is 0.294. The van der Waals surface area contributed by atoms with Crippen molar-refractivity contribution in [2.24, 2.45) is 5.73 Å².